The fourth-order valence-electron chi connectivity index (χ4n) is 2.17. The smallest absolute Gasteiger partial charge is 0.253 e. The number of alkyl halides is 1. The van der Waals surface area contributed by atoms with Crippen LogP contribution in [-0.2, 0) is 0 Å². The molecule has 1 heterocycles. The molecule has 1 aliphatic rings. The van der Waals surface area contributed by atoms with Crippen molar-refractivity contribution >= 4 is 17.5 Å². The highest BCUT2D eigenvalue weighted by Gasteiger charge is 2.26. The maximum absolute atomic E-state index is 12.1. The van der Waals surface area contributed by atoms with Gasteiger partial charge in [-0.3, -0.25) is 4.79 Å². The lowest BCUT2D eigenvalue weighted by Gasteiger charge is -2.16. The maximum Gasteiger partial charge on any atom is 0.253 e. The second-order valence-electron chi connectivity index (χ2n) is 4.25. The van der Waals surface area contributed by atoms with E-state index >= 15 is 0 Å². The van der Waals surface area contributed by atoms with Crippen molar-refractivity contribution in [2.45, 2.75) is 12.8 Å². The molecule has 1 atom stereocenters. The number of hydrogen-bond acceptors (Lipinski definition) is 1. The number of benzene rings is 1. The average Bonchev–Trinajstić information content (AvgIpc) is 2.78. The Kier molecular flexibility index (Phi) is 3.83. The zero-order valence-electron chi connectivity index (χ0n) is 9.23. The van der Waals surface area contributed by atoms with Crippen LogP contribution in [-0.4, -0.2) is 29.8 Å². The number of likely N-dealkylation sites (tertiary alicyclic amines) is 1. The van der Waals surface area contributed by atoms with Crippen LogP contribution < -0.4 is 0 Å². The first-order valence-electron chi connectivity index (χ1n) is 5.71. The van der Waals surface area contributed by atoms with E-state index in [9.17, 15) is 4.79 Å². The summed E-state index contributed by atoms with van der Waals surface area (Å²) in [6.45, 7) is 1.73. The molecule has 1 unspecified atom stereocenters. The Hall–Kier alpha value is -1.02. The van der Waals surface area contributed by atoms with Crippen molar-refractivity contribution in [3.63, 3.8) is 0 Å². The van der Waals surface area contributed by atoms with Crippen LogP contribution in [0.15, 0.2) is 30.3 Å². The molecule has 0 saturated carbocycles. The second kappa shape index (κ2) is 5.35. The minimum absolute atomic E-state index is 0.151. The Balaban J connectivity index is 1.97. The third kappa shape index (κ3) is 2.56. The molecule has 2 rings (SSSR count). The molecule has 16 heavy (non-hydrogen) atoms. The summed E-state index contributed by atoms with van der Waals surface area (Å²) in [7, 11) is 0. The van der Waals surface area contributed by atoms with Crippen molar-refractivity contribution in [2.24, 2.45) is 5.92 Å². The van der Waals surface area contributed by atoms with E-state index in [-0.39, 0.29) is 5.91 Å². The molecule has 2 nitrogen and oxygen atoms in total. The van der Waals surface area contributed by atoms with Crippen LogP contribution in [0.5, 0.6) is 0 Å². The van der Waals surface area contributed by atoms with Gasteiger partial charge in [0.2, 0.25) is 0 Å². The molecule has 0 bridgehead atoms. The van der Waals surface area contributed by atoms with E-state index in [0.717, 1.165) is 31.5 Å². The first-order valence-corrected chi connectivity index (χ1v) is 6.25. The van der Waals surface area contributed by atoms with Crippen molar-refractivity contribution in [3.8, 4) is 0 Å². The Morgan fingerprint density at radius 1 is 1.38 bits per heavy atom. The number of hydrogen-bond donors (Lipinski definition) is 0. The van der Waals surface area contributed by atoms with E-state index in [0.29, 0.717) is 11.8 Å². The molecule has 1 aromatic rings. The summed E-state index contributed by atoms with van der Waals surface area (Å²) in [5, 5.41) is 0. The molecule has 86 valence electrons. The Morgan fingerprint density at radius 2 is 2.12 bits per heavy atom. The zero-order chi connectivity index (χ0) is 11.4. The summed E-state index contributed by atoms with van der Waals surface area (Å²) >= 11 is 5.72. The highest BCUT2D eigenvalue weighted by molar-refractivity contribution is 6.17. The molecule has 1 fully saturated rings. The van der Waals surface area contributed by atoms with Crippen molar-refractivity contribution in [3.05, 3.63) is 35.9 Å². The van der Waals surface area contributed by atoms with E-state index in [4.69, 9.17) is 11.6 Å². The number of carbonyl (C=O) groups excluding carboxylic acids is 1. The number of carbonyl (C=O) groups is 1. The molecule has 0 aromatic heterocycles. The first kappa shape index (κ1) is 11.5. The van der Waals surface area contributed by atoms with Crippen LogP contribution >= 0.6 is 11.6 Å². The van der Waals surface area contributed by atoms with Gasteiger partial charge in [-0.05, 0) is 30.9 Å². The summed E-state index contributed by atoms with van der Waals surface area (Å²) in [6, 6.07) is 9.48. The topological polar surface area (TPSA) is 20.3 Å². The molecule has 0 N–H and O–H groups in total. The van der Waals surface area contributed by atoms with Crippen LogP contribution in [0.1, 0.15) is 23.2 Å². The molecular weight excluding hydrogens is 222 g/mol. The van der Waals surface area contributed by atoms with Crippen LogP contribution in [0.25, 0.3) is 0 Å². The number of halogens is 1. The summed E-state index contributed by atoms with van der Waals surface area (Å²) in [6.07, 6.45) is 2.10. The van der Waals surface area contributed by atoms with Gasteiger partial charge in [0.15, 0.2) is 0 Å². The monoisotopic (exact) mass is 237 g/mol. The third-order valence-electron chi connectivity index (χ3n) is 3.11. The van der Waals surface area contributed by atoms with Gasteiger partial charge in [0, 0.05) is 24.5 Å². The third-order valence-corrected chi connectivity index (χ3v) is 3.33. The van der Waals surface area contributed by atoms with Gasteiger partial charge in [0.05, 0.1) is 0 Å². The van der Waals surface area contributed by atoms with Gasteiger partial charge in [-0.15, -0.1) is 11.6 Å². The van der Waals surface area contributed by atoms with Crippen LogP contribution in [0, 0.1) is 5.92 Å². The number of amides is 1. The van der Waals surface area contributed by atoms with Crippen molar-refractivity contribution in [1.82, 2.24) is 4.90 Å². The molecule has 1 aromatic carbocycles. The lowest BCUT2D eigenvalue weighted by molar-refractivity contribution is 0.0787. The molecule has 0 radical (unpaired) electrons. The van der Waals surface area contributed by atoms with Gasteiger partial charge in [0.1, 0.15) is 0 Å². The predicted molar refractivity (Wildman–Crippen MR) is 65.8 cm³/mol. The van der Waals surface area contributed by atoms with Gasteiger partial charge in [-0.1, -0.05) is 18.2 Å². The minimum atomic E-state index is 0.151. The Bertz CT molecular complexity index is 352. The van der Waals surface area contributed by atoms with E-state index in [1.165, 1.54) is 0 Å². The van der Waals surface area contributed by atoms with Gasteiger partial charge in [-0.2, -0.15) is 0 Å². The van der Waals surface area contributed by atoms with Crippen molar-refractivity contribution in [1.29, 1.82) is 0 Å². The summed E-state index contributed by atoms with van der Waals surface area (Å²) in [5.41, 5.74) is 0.786. The van der Waals surface area contributed by atoms with Crippen molar-refractivity contribution < 1.29 is 4.79 Å². The normalized spacial score (nSPS) is 20.1. The standard InChI is InChI=1S/C13H16ClNO/c14-8-6-11-7-9-15(10-11)13(16)12-4-2-1-3-5-12/h1-5,11H,6-10H2. The summed E-state index contributed by atoms with van der Waals surface area (Å²) in [4.78, 5) is 14.0. The maximum atomic E-state index is 12.1. The van der Waals surface area contributed by atoms with Gasteiger partial charge in [-0.25, -0.2) is 0 Å². The quantitative estimate of drug-likeness (QED) is 0.741. The van der Waals surface area contributed by atoms with Crippen LogP contribution in [0.4, 0.5) is 0 Å². The molecule has 3 heteroatoms. The Labute approximate surface area is 101 Å². The highest BCUT2D eigenvalue weighted by atomic mass is 35.5. The number of rotatable bonds is 3. The van der Waals surface area contributed by atoms with Gasteiger partial charge >= 0.3 is 0 Å². The van der Waals surface area contributed by atoms with Crippen molar-refractivity contribution in [2.75, 3.05) is 19.0 Å². The second-order valence-corrected chi connectivity index (χ2v) is 4.63. The fourth-order valence-corrected chi connectivity index (χ4v) is 2.48. The zero-order valence-corrected chi connectivity index (χ0v) is 9.99. The highest BCUT2D eigenvalue weighted by Crippen LogP contribution is 2.21. The van der Waals surface area contributed by atoms with E-state index in [1.54, 1.807) is 0 Å². The lowest BCUT2D eigenvalue weighted by Crippen LogP contribution is -2.28. The molecule has 0 aliphatic carbocycles. The fraction of sp³-hybridized carbons (Fsp3) is 0.462. The SMILES string of the molecule is O=C(c1ccccc1)N1CCC(CCCl)C1. The molecule has 1 amide bonds. The van der Waals surface area contributed by atoms with E-state index in [2.05, 4.69) is 0 Å². The van der Waals surface area contributed by atoms with E-state index < -0.39 is 0 Å². The lowest BCUT2D eigenvalue weighted by atomic mass is 10.1. The van der Waals surface area contributed by atoms with E-state index in [1.807, 2.05) is 35.2 Å². The number of nitrogens with zero attached hydrogens (tertiary/aromatic N) is 1. The molecule has 1 saturated heterocycles. The van der Waals surface area contributed by atoms with Crippen LogP contribution in [0.2, 0.25) is 0 Å². The first-order chi connectivity index (χ1) is 7.81. The summed E-state index contributed by atoms with van der Waals surface area (Å²) in [5.74, 6) is 1.43. The molecular formula is C13H16ClNO. The van der Waals surface area contributed by atoms with Crippen LogP contribution in [0.3, 0.4) is 0 Å². The van der Waals surface area contributed by atoms with Gasteiger partial charge in [0.25, 0.3) is 5.91 Å². The Morgan fingerprint density at radius 3 is 2.81 bits per heavy atom. The summed E-state index contributed by atoms with van der Waals surface area (Å²) < 4.78 is 0. The van der Waals surface area contributed by atoms with Gasteiger partial charge < -0.3 is 4.90 Å². The minimum Gasteiger partial charge on any atom is -0.338 e. The predicted octanol–water partition coefficient (Wildman–Crippen LogP) is 2.78. The molecule has 1 aliphatic heterocycles. The molecule has 0 spiro atoms. The largest absolute Gasteiger partial charge is 0.338 e. The average molecular weight is 238 g/mol.